The number of hydrogen-bond donors (Lipinski definition) is 4. The Morgan fingerprint density at radius 1 is 0.500 bits per heavy atom. The standard InChI is InChI=1S/C14H12Cl2O2S.C12H6Cl4O2S/c15-11-1-3-13(17)9(5-11)7-19-8-10-6-12(16)2-4-14(10)18;13-5-1-7(15)11(17)9(3-5)19-10-4-6(14)2-8(16)12(10)18/h1-6,17-18H,7-8H2;1-4,17-18H. The molecule has 200 valence electrons. The molecule has 4 nitrogen and oxygen atoms in total. The number of aromatic hydroxyl groups is 4. The van der Waals surface area contributed by atoms with Crippen LogP contribution in [0.15, 0.2) is 70.5 Å². The van der Waals surface area contributed by atoms with Crippen molar-refractivity contribution >= 4 is 93.1 Å². The summed E-state index contributed by atoms with van der Waals surface area (Å²) in [4.78, 5) is 0.789. The van der Waals surface area contributed by atoms with Gasteiger partial charge in [-0.2, -0.15) is 11.8 Å². The van der Waals surface area contributed by atoms with Crippen LogP contribution in [0.5, 0.6) is 23.0 Å². The highest BCUT2D eigenvalue weighted by atomic mass is 35.5. The second-order valence-corrected chi connectivity index (χ2v) is 12.2. The van der Waals surface area contributed by atoms with Crippen molar-refractivity contribution in [1.82, 2.24) is 0 Å². The zero-order valence-corrected chi connectivity index (χ0v) is 25.2. The lowest BCUT2D eigenvalue weighted by Crippen LogP contribution is -1.86. The molecule has 4 aromatic carbocycles. The van der Waals surface area contributed by atoms with Gasteiger partial charge in [-0.05, 0) is 60.7 Å². The van der Waals surface area contributed by atoms with Crippen LogP contribution < -0.4 is 0 Å². The van der Waals surface area contributed by atoms with Crippen LogP contribution in [0.3, 0.4) is 0 Å². The van der Waals surface area contributed by atoms with Crippen molar-refractivity contribution in [2.75, 3.05) is 0 Å². The maximum absolute atomic E-state index is 9.85. The highest BCUT2D eigenvalue weighted by Crippen LogP contribution is 2.46. The van der Waals surface area contributed by atoms with Gasteiger partial charge in [-0.3, -0.25) is 0 Å². The molecule has 4 N–H and O–H groups in total. The Hall–Kier alpha value is -1.48. The van der Waals surface area contributed by atoms with Crippen molar-refractivity contribution in [3.8, 4) is 23.0 Å². The van der Waals surface area contributed by atoms with E-state index in [9.17, 15) is 20.4 Å². The molecular formula is C26H18Cl6O4S2. The van der Waals surface area contributed by atoms with Gasteiger partial charge in [0.15, 0.2) is 0 Å². The first-order valence-corrected chi connectivity index (χ1v) is 14.7. The molecule has 4 rings (SSSR count). The summed E-state index contributed by atoms with van der Waals surface area (Å²) in [6.45, 7) is 0. The fraction of sp³-hybridized carbons (Fsp3) is 0.0769. The van der Waals surface area contributed by atoms with E-state index in [4.69, 9.17) is 69.6 Å². The predicted octanol–water partition coefficient (Wildman–Crippen LogP) is 10.7. The number of halogens is 6. The molecule has 0 aliphatic carbocycles. The van der Waals surface area contributed by atoms with Gasteiger partial charge in [-0.15, -0.1) is 0 Å². The third-order valence-electron chi connectivity index (χ3n) is 4.80. The van der Waals surface area contributed by atoms with Gasteiger partial charge in [-0.25, -0.2) is 0 Å². The largest absolute Gasteiger partial charge is 0.508 e. The lowest BCUT2D eigenvalue weighted by atomic mass is 10.2. The molecule has 0 saturated carbocycles. The molecule has 0 spiro atoms. The van der Waals surface area contributed by atoms with Crippen LogP contribution in [-0.2, 0) is 11.5 Å². The Balaban J connectivity index is 0.000000211. The van der Waals surface area contributed by atoms with Gasteiger partial charge in [0.05, 0.1) is 19.8 Å². The van der Waals surface area contributed by atoms with Crippen molar-refractivity contribution in [2.24, 2.45) is 0 Å². The Morgan fingerprint density at radius 3 is 1.29 bits per heavy atom. The third-order valence-corrected chi connectivity index (χ3v) is 8.38. The minimum Gasteiger partial charge on any atom is -0.508 e. The van der Waals surface area contributed by atoms with Crippen molar-refractivity contribution in [2.45, 2.75) is 21.3 Å². The first-order valence-electron chi connectivity index (χ1n) is 10.5. The Kier molecular flexibility index (Phi) is 11.6. The SMILES string of the molecule is Oc1c(Cl)cc(Cl)cc1Sc1cc(Cl)cc(Cl)c1O.Oc1ccc(Cl)cc1CSCc1cc(Cl)ccc1O. The first kappa shape index (κ1) is 31.1. The molecule has 0 atom stereocenters. The molecular weight excluding hydrogens is 653 g/mol. The summed E-state index contributed by atoms with van der Waals surface area (Å²) in [6, 6.07) is 15.8. The van der Waals surface area contributed by atoms with Crippen molar-refractivity contribution in [3.05, 3.63) is 102 Å². The molecule has 38 heavy (non-hydrogen) atoms. The molecule has 0 aromatic heterocycles. The molecule has 12 heteroatoms. The fourth-order valence-corrected chi connectivity index (χ4v) is 6.61. The summed E-state index contributed by atoms with van der Waals surface area (Å²) in [6.07, 6.45) is 0. The average Bonchev–Trinajstić information content (AvgIpc) is 2.85. The van der Waals surface area contributed by atoms with Crippen LogP contribution in [0.25, 0.3) is 0 Å². The van der Waals surface area contributed by atoms with E-state index >= 15 is 0 Å². The average molecular weight is 671 g/mol. The maximum atomic E-state index is 9.85. The number of rotatable bonds is 6. The monoisotopic (exact) mass is 668 g/mol. The number of phenolic OH excluding ortho intramolecular Hbond substituents is 4. The summed E-state index contributed by atoms with van der Waals surface area (Å²) < 4.78 is 0. The van der Waals surface area contributed by atoms with Crippen molar-refractivity contribution in [1.29, 1.82) is 0 Å². The summed E-state index contributed by atoms with van der Waals surface area (Å²) >= 11 is 37.8. The predicted molar refractivity (Wildman–Crippen MR) is 162 cm³/mol. The lowest BCUT2D eigenvalue weighted by molar-refractivity contribution is 0.460. The zero-order valence-electron chi connectivity index (χ0n) is 19.1. The van der Waals surface area contributed by atoms with E-state index in [1.807, 2.05) is 0 Å². The van der Waals surface area contributed by atoms with E-state index < -0.39 is 0 Å². The Labute approximate surface area is 258 Å². The number of phenols is 4. The molecule has 0 amide bonds. The van der Waals surface area contributed by atoms with Crippen LogP contribution in [0.2, 0.25) is 30.1 Å². The third kappa shape index (κ3) is 8.77. The molecule has 0 bridgehead atoms. The summed E-state index contributed by atoms with van der Waals surface area (Å²) in [5.74, 6) is 1.44. The molecule has 0 heterocycles. The van der Waals surface area contributed by atoms with E-state index in [0.29, 0.717) is 41.4 Å². The van der Waals surface area contributed by atoms with E-state index in [-0.39, 0.29) is 33.0 Å². The van der Waals surface area contributed by atoms with Crippen LogP contribution in [-0.4, -0.2) is 20.4 Å². The molecule has 0 saturated heterocycles. The second-order valence-electron chi connectivity index (χ2n) is 7.61. The Morgan fingerprint density at radius 2 is 0.895 bits per heavy atom. The van der Waals surface area contributed by atoms with Crippen LogP contribution >= 0.6 is 93.1 Å². The van der Waals surface area contributed by atoms with Crippen LogP contribution in [0.1, 0.15) is 11.1 Å². The van der Waals surface area contributed by atoms with Gasteiger partial charge in [-0.1, -0.05) is 81.4 Å². The van der Waals surface area contributed by atoms with E-state index in [2.05, 4.69) is 0 Å². The topological polar surface area (TPSA) is 80.9 Å². The van der Waals surface area contributed by atoms with E-state index in [1.54, 1.807) is 48.2 Å². The molecule has 0 unspecified atom stereocenters. The normalized spacial score (nSPS) is 10.7. The van der Waals surface area contributed by atoms with Gasteiger partial charge >= 0.3 is 0 Å². The number of thioether (sulfide) groups is 1. The van der Waals surface area contributed by atoms with Crippen molar-refractivity contribution < 1.29 is 20.4 Å². The van der Waals surface area contributed by atoms with Gasteiger partial charge in [0.1, 0.15) is 23.0 Å². The number of hydrogen-bond acceptors (Lipinski definition) is 6. The highest BCUT2D eigenvalue weighted by molar-refractivity contribution is 7.99. The first-order chi connectivity index (χ1) is 17.9. The number of benzene rings is 4. The summed E-state index contributed by atoms with van der Waals surface area (Å²) in [7, 11) is 0. The van der Waals surface area contributed by atoms with E-state index in [1.165, 1.54) is 24.3 Å². The van der Waals surface area contributed by atoms with Crippen molar-refractivity contribution in [3.63, 3.8) is 0 Å². The minimum atomic E-state index is -0.119. The zero-order chi connectivity index (χ0) is 28.0. The quantitative estimate of drug-likeness (QED) is 0.163. The lowest BCUT2D eigenvalue weighted by Gasteiger charge is -2.09. The molecule has 0 aliphatic heterocycles. The summed E-state index contributed by atoms with van der Waals surface area (Å²) in [5, 5.41) is 41.3. The molecule has 4 aromatic rings. The fourth-order valence-electron chi connectivity index (χ4n) is 2.97. The van der Waals surface area contributed by atoms with Gasteiger partial charge < -0.3 is 20.4 Å². The Bertz CT molecular complexity index is 1350. The second kappa shape index (κ2) is 14.2. The minimum absolute atomic E-state index is 0.119. The van der Waals surface area contributed by atoms with Gasteiger partial charge in [0.2, 0.25) is 0 Å². The van der Waals surface area contributed by atoms with E-state index in [0.717, 1.165) is 22.9 Å². The van der Waals surface area contributed by atoms with Crippen LogP contribution in [0, 0.1) is 0 Å². The molecule has 0 aliphatic rings. The summed E-state index contributed by atoms with van der Waals surface area (Å²) in [5.41, 5.74) is 1.55. The van der Waals surface area contributed by atoms with Gasteiger partial charge in [0.25, 0.3) is 0 Å². The smallest absolute Gasteiger partial charge is 0.148 e. The highest BCUT2D eigenvalue weighted by Gasteiger charge is 2.14. The molecule has 0 radical (unpaired) electrons. The molecule has 0 fully saturated rings. The van der Waals surface area contributed by atoms with Crippen LogP contribution in [0.4, 0.5) is 0 Å². The van der Waals surface area contributed by atoms with Gasteiger partial charge in [0, 0.05) is 42.7 Å². The maximum Gasteiger partial charge on any atom is 0.148 e.